The van der Waals surface area contributed by atoms with Crippen LogP contribution in [0.4, 0.5) is 0 Å². The van der Waals surface area contributed by atoms with Gasteiger partial charge in [-0.05, 0) is 0 Å². The van der Waals surface area contributed by atoms with Crippen LogP contribution in [-0.4, -0.2) is 24.1 Å². The van der Waals surface area contributed by atoms with Crippen molar-refractivity contribution in [3.8, 4) is 0 Å². The quantitative estimate of drug-likeness (QED) is 0.350. The standard InChI is InChI=1S/C4H7NO2/c6-5-4-1-2-7-3-4/h6H,1-3H2/b5-4+. The summed E-state index contributed by atoms with van der Waals surface area (Å²) in [7, 11) is 0. The van der Waals surface area contributed by atoms with Crippen molar-refractivity contribution in [2.45, 2.75) is 6.42 Å². The highest BCUT2D eigenvalue weighted by atomic mass is 16.5. The molecule has 40 valence electrons. The molecule has 0 aromatic heterocycles. The highest BCUT2D eigenvalue weighted by Gasteiger charge is 2.06. The third-order valence-electron chi connectivity index (χ3n) is 0.945. The topological polar surface area (TPSA) is 41.8 Å². The molecule has 0 aromatic carbocycles. The van der Waals surface area contributed by atoms with E-state index in [-0.39, 0.29) is 0 Å². The zero-order valence-corrected chi connectivity index (χ0v) is 3.92. The Kier molecular flexibility index (Phi) is 1.26. The molecule has 1 N–H and O–H groups in total. The highest BCUT2D eigenvalue weighted by molar-refractivity contribution is 5.86. The van der Waals surface area contributed by atoms with Gasteiger partial charge >= 0.3 is 0 Å². The molecule has 3 heteroatoms. The fraction of sp³-hybridized carbons (Fsp3) is 0.750. The normalized spacial score (nSPS) is 26.6. The summed E-state index contributed by atoms with van der Waals surface area (Å²) >= 11 is 0. The number of rotatable bonds is 0. The summed E-state index contributed by atoms with van der Waals surface area (Å²) in [4.78, 5) is 0. The van der Waals surface area contributed by atoms with Crippen LogP contribution < -0.4 is 0 Å². The average Bonchev–Trinajstić information content (AvgIpc) is 2.14. The van der Waals surface area contributed by atoms with Crippen LogP contribution >= 0.6 is 0 Å². The molecule has 0 aliphatic carbocycles. The van der Waals surface area contributed by atoms with E-state index in [2.05, 4.69) is 5.16 Å². The molecule has 0 bridgehead atoms. The maximum atomic E-state index is 8.07. The summed E-state index contributed by atoms with van der Waals surface area (Å²) in [6, 6.07) is 0. The second-order valence-corrected chi connectivity index (χ2v) is 1.47. The van der Waals surface area contributed by atoms with Gasteiger partial charge in [0.05, 0.1) is 18.9 Å². The first-order valence-electron chi connectivity index (χ1n) is 2.21. The largest absolute Gasteiger partial charge is 0.411 e. The Bertz CT molecular complexity index is 81.7. The number of hydrogen-bond acceptors (Lipinski definition) is 3. The second-order valence-electron chi connectivity index (χ2n) is 1.47. The molecule has 3 nitrogen and oxygen atoms in total. The van der Waals surface area contributed by atoms with Gasteiger partial charge in [-0.2, -0.15) is 0 Å². The van der Waals surface area contributed by atoms with Crippen LogP contribution in [-0.2, 0) is 4.74 Å². The van der Waals surface area contributed by atoms with E-state index in [0.717, 1.165) is 12.1 Å². The van der Waals surface area contributed by atoms with E-state index < -0.39 is 0 Å². The van der Waals surface area contributed by atoms with Crippen LogP contribution in [0.5, 0.6) is 0 Å². The van der Waals surface area contributed by atoms with E-state index in [0.29, 0.717) is 13.2 Å². The number of hydrogen-bond donors (Lipinski definition) is 1. The minimum absolute atomic E-state index is 0.510. The lowest BCUT2D eigenvalue weighted by molar-refractivity contribution is 0.207. The monoisotopic (exact) mass is 101 g/mol. The summed E-state index contributed by atoms with van der Waals surface area (Å²) in [5.74, 6) is 0. The minimum Gasteiger partial charge on any atom is -0.411 e. The average molecular weight is 101 g/mol. The predicted molar refractivity (Wildman–Crippen MR) is 24.7 cm³/mol. The molecule has 0 saturated carbocycles. The molecule has 1 aliphatic rings. The van der Waals surface area contributed by atoms with Crippen LogP contribution in [0.3, 0.4) is 0 Å². The van der Waals surface area contributed by atoms with Crippen LogP contribution in [0.1, 0.15) is 6.42 Å². The van der Waals surface area contributed by atoms with Gasteiger partial charge in [-0.1, -0.05) is 5.16 Å². The minimum atomic E-state index is 0.510. The fourth-order valence-electron chi connectivity index (χ4n) is 0.531. The van der Waals surface area contributed by atoms with Gasteiger partial charge in [0.2, 0.25) is 0 Å². The molecule has 1 aliphatic heterocycles. The highest BCUT2D eigenvalue weighted by Crippen LogP contribution is 1.97. The van der Waals surface area contributed by atoms with Crippen molar-refractivity contribution < 1.29 is 9.94 Å². The lowest BCUT2D eigenvalue weighted by Crippen LogP contribution is -1.93. The molecule has 0 unspecified atom stereocenters. The van der Waals surface area contributed by atoms with Gasteiger partial charge in [0.1, 0.15) is 0 Å². The smallest absolute Gasteiger partial charge is 0.0882 e. The van der Waals surface area contributed by atoms with Gasteiger partial charge in [-0.3, -0.25) is 0 Å². The van der Waals surface area contributed by atoms with Crippen molar-refractivity contribution in [3.05, 3.63) is 0 Å². The summed E-state index contributed by atoms with van der Waals surface area (Å²) in [6.45, 7) is 1.22. The van der Waals surface area contributed by atoms with Gasteiger partial charge in [-0.15, -0.1) is 0 Å². The molecule has 0 spiro atoms. The molecule has 0 amide bonds. The van der Waals surface area contributed by atoms with Crippen LogP contribution in [0.15, 0.2) is 5.16 Å². The maximum absolute atomic E-state index is 8.07. The number of ether oxygens (including phenoxy) is 1. The molecule has 1 saturated heterocycles. The zero-order valence-electron chi connectivity index (χ0n) is 3.92. The summed E-state index contributed by atoms with van der Waals surface area (Å²) < 4.78 is 4.86. The Balaban J connectivity index is 2.41. The lowest BCUT2D eigenvalue weighted by atomic mass is 10.3. The Labute approximate surface area is 41.6 Å². The van der Waals surface area contributed by atoms with Crippen molar-refractivity contribution in [2.75, 3.05) is 13.2 Å². The first-order valence-corrected chi connectivity index (χ1v) is 2.21. The van der Waals surface area contributed by atoms with Crippen LogP contribution in [0, 0.1) is 0 Å². The van der Waals surface area contributed by atoms with Gasteiger partial charge in [-0.25, -0.2) is 0 Å². The summed E-state index contributed by atoms with van der Waals surface area (Å²) in [5.41, 5.74) is 0.750. The first-order chi connectivity index (χ1) is 3.43. The molecule has 0 radical (unpaired) electrons. The Morgan fingerprint density at radius 2 is 2.57 bits per heavy atom. The summed E-state index contributed by atoms with van der Waals surface area (Å²) in [5, 5.41) is 11.1. The van der Waals surface area contributed by atoms with E-state index in [9.17, 15) is 0 Å². The van der Waals surface area contributed by atoms with Crippen molar-refractivity contribution >= 4 is 5.71 Å². The zero-order chi connectivity index (χ0) is 5.11. The van der Waals surface area contributed by atoms with Crippen molar-refractivity contribution in [2.24, 2.45) is 5.16 Å². The molecule has 0 atom stereocenters. The molecule has 1 rings (SSSR count). The van der Waals surface area contributed by atoms with Crippen molar-refractivity contribution in [1.82, 2.24) is 0 Å². The fourth-order valence-corrected chi connectivity index (χ4v) is 0.531. The third-order valence-corrected chi connectivity index (χ3v) is 0.945. The van der Waals surface area contributed by atoms with Gasteiger partial charge in [0.25, 0.3) is 0 Å². The first kappa shape index (κ1) is 4.59. The Morgan fingerprint density at radius 1 is 1.71 bits per heavy atom. The predicted octanol–water partition coefficient (Wildman–Crippen LogP) is 0.237. The second kappa shape index (κ2) is 1.93. The van der Waals surface area contributed by atoms with Crippen molar-refractivity contribution in [3.63, 3.8) is 0 Å². The number of nitrogens with zero attached hydrogens (tertiary/aromatic N) is 1. The lowest BCUT2D eigenvalue weighted by Gasteiger charge is -1.81. The van der Waals surface area contributed by atoms with E-state index >= 15 is 0 Å². The molecule has 1 fully saturated rings. The van der Waals surface area contributed by atoms with Crippen LogP contribution in [0.25, 0.3) is 0 Å². The van der Waals surface area contributed by atoms with Crippen molar-refractivity contribution in [1.29, 1.82) is 0 Å². The third kappa shape index (κ3) is 0.899. The van der Waals surface area contributed by atoms with Gasteiger partial charge in [0, 0.05) is 6.42 Å². The molecule has 0 aromatic rings. The van der Waals surface area contributed by atoms with E-state index in [1.54, 1.807) is 0 Å². The molecule has 1 heterocycles. The van der Waals surface area contributed by atoms with Gasteiger partial charge in [0.15, 0.2) is 0 Å². The Hall–Kier alpha value is -0.570. The maximum Gasteiger partial charge on any atom is 0.0882 e. The Morgan fingerprint density at radius 3 is 2.86 bits per heavy atom. The number of oxime groups is 1. The van der Waals surface area contributed by atoms with Gasteiger partial charge < -0.3 is 9.94 Å². The molecular formula is C4H7NO2. The van der Waals surface area contributed by atoms with Crippen LogP contribution in [0.2, 0.25) is 0 Å². The van der Waals surface area contributed by atoms with E-state index in [4.69, 9.17) is 9.94 Å². The molecular weight excluding hydrogens is 94.0 g/mol. The van der Waals surface area contributed by atoms with E-state index in [1.807, 2.05) is 0 Å². The SMILES string of the molecule is O/N=C1\CCOC1. The van der Waals surface area contributed by atoms with E-state index in [1.165, 1.54) is 0 Å². The molecule has 7 heavy (non-hydrogen) atoms. The summed E-state index contributed by atoms with van der Waals surface area (Å²) in [6.07, 6.45) is 0.788.